The lowest BCUT2D eigenvalue weighted by molar-refractivity contribution is -0.384. The van der Waals surface area contributed by atoms with E-state index in [9.17, 15) is 10.1 Å². The maximum Gasteiger partial charge on any atom is 0.281 e. The first-order chi connectivity index (χ1) is 15.1. The van der Waals surface area contributed by atoms with Gasteiger partial charge in [0.25, 0.3) is 5.69 Å². The van der Waals surface area contributed by atoms with E-state index in [0.29, 0.717) is 22.9 Å². The van der Waals surface area contributed by atoms with E-state index < -0.39 is 4.92 Å². The topological polar surface area (TPSA) is 101 Å². The highest BCUT2D eigenvalue weighted by atomic mass is 35.5. The molecule has 31 heavy (non-hydrogen) atoms. The van der Waals surface area contributed by atoms with Crippen molar-refractivity contribution in [2.24, 2.45) is 0 Å². The van der Waals surface area contributed by atoms with Crippen LogP contribution in [0.5, 0.6) is 0 Å². The van der Waals surface area contributed by atoms with E-state index in [2.05, 4.69) is 25.1 Å². The van der Waals surface area contributed by atoms with E-state index in [4.69, 9.17) is 16.0 Å². The molecule has 4 rings (SSSR count). The zero-order valence-electron chi connectivity index (χ0n) is 16.9. The van der Waals surface area contributed by atoms with Gasteiger partial charge < -0.3 is 14.6 Å². The molecule has 9 nitrogen and oxygen atoms in total. The van der Waals surface area contributed by atoms with Gasteiger partial charge in [-0.3, -0.25) is 15.0 Å². The first-order valence-electron chi connectivity index (χ1n) is 10.1. The number of rotatable bonds is 8. The fourth-order valence-electron chi connectivity index (χ4n) is 3.56. The molecule has 0 saturated carbocycles. The third kappa shape index (κ3) is 5.38. The molecule has 1 fully saturated rings. The lowest BCUT2D eigenvalue weighted by atomic mass is 10.1. The molecule has 0 spiro atoms. The van der Waals surface area contributed by atoms with Crippen LogP contribution in [0.25, 0.3) is 11.3 Å². The number of anilines is 1. The number of piperazine rings is 1. The molecule has 162 valence electrons. The van der Waals surface area contributed by atoms with Crippen molar-refractivity contribution in [1.29, 1.82) is 0 Å². The van der Waals surface area contributed by atoms with E-state index in [1.165, 1.54) is 6.07 Å². The number of nitro benzene ring substituents is 1. The van der Waals surface area contributed by atoms with Gasteiger partial charge in [0.05, 0.1) is 17.0 Å². The lowest BCUT2D eigenvalue weighted by Crippen LogP contribution is -2.48. The Morgan fingerprint density at radius 1 is 1.13 bits per heavy atom. The normalized spacial score (nSPS) is 14.7. The number of nitro groups is 1. The quantitative estimate of drug-likeness (QED) is 0.322. The summed E-state index contributed by atoms with van der Waals surface area (Å²) < 4.78 is 5.81. The molecule has 0 atom stereocenters. The standard InChI is InChI=1S/C21H23ClN6O3/c22-16-2-4-18(19(14-16)28(29)30)20-5-3-17(31-20)15-23-8-9-26-10-12-27(13-11-26)21-24-6-1-7-25-21/h1-7,14,23H,8-13,15H2. The zero-order chi connectivity index (χ0) is 21.6. The van der Waals surface area contributed by atoms with Crippen molar-refractivity contribution in [3.63, 3.8) is 0 Å². The summed E-state index contributed by atoms with van der Waals surface area (Å²) in [5.74, 6) is 1.97. The first kappa shape index (κ1) is 21.2. The van der Waals surface area contributed by atoms with Gasteiger partial charge in [-0.25, -0.2) is 9.97 Å². The molecule has 1 N–H and O–H groups in total. The van der Waals surface area contributed by atoms with E-state index in [1.807, 2.05) is 12.1 Å². The van der Waals surface area contributed by atoms with Crippen LogP contribution in [0.3, 0.4) is 0 Å². The Morgan fingerprint density at radius 3 is 2.65 bits per heavy atom. The van der Waals surface area contributed by atoms with E-state index in [0.717, 1.165) is 51.0 Å². The minimum atomic E-state index is -0.453. The maximum atomic E-state index is 11.3. The van der Waals surface area contributed by atoms with Crippen molar-refractivity contribution in [3.05, 3.63) is 69.7 Å². The Balaban J connectivity index is 1.23. The van der Waals surface area contributed by atoms with Gasteiger partial charge in [-0.15, -0.1) is 0 Å². The van der Waals surface area contributed by atoms with Crippen LogP contribution in [-0.4, -0.2) is 59.1 Å². The molecule has 1 aliphatic rings. The Labute approximate surface area is 184 Å². The third-order valence-electron chi connectivity index (χ3n) is 5.19. The predicted molar refractivity (Wildman–Crippen MR) is 118 cm³/mol. The smallest absolute Gasteiger partial charge is 0.281 e. The minimum Gasteiger partial charge on any atom is -0.459 e. The van der Waals surface area contributed by atoms with Crippen molar-refractivity contribution in [2.45, 2.75) is 6.54 Å². The summed E-state index contributed by atoms with van der Waals surface area (Å²) in [4.78, 5) is 24.1. The summed E-state index contributed by atoms with van der Waals surface area (Å²) in [7, 11) is 0. The predicted octanol–water partition coefficient (Wildman–Crippen LogP) is 3.21. The first-order valence-corrected chi connectivity index (χ1v) is 10.5. The van der Waals surface area contributed by atoms with Gasteiger partial charge in [0.2, 0.25) is 5.95 Å². The summed E-state index contributed by atoms with van der Waals surface area (Å²) in [6.45, 7) is 6.05. The molecule has 0 amide bonds. The van der Waals surface area contributed by atoms with Crippen LogP contribution in [0.4, 0.5) is 11.6 Å². The van der Waals surface area contributed by atoms with Crippen LogP contribution >= 0.6 is 11.6 Å². The minimum absolute atomic E-state index is 0.0681. The van der Waals surface area contributed by atoms with Crippen molar-refractivity contribution in [1.82, 2.24) is 20.2 Å². The van der Waals surface area contributed by atoms with E-state index in [-0.39, 0.29) is 5.69 Å². The maximum absolute atomic E-state index is 11.3. The van der Waals surface area contributed by atoms with Gasteiger partial charge >= 0.3 is 0 Å². The SMILES string of the molecule is O=[N+]([O-])c1cc(Cl)ccc1-c1ccc(CNCCN2CCN(c3ncccn3)CC2)o1. The van der Waals surface area contributed by atoms with Gasteiger partial charge in [0.15, 0.2) is 0 Å². The van der Waals surface area contributed by atoms with Gasteiger partial charge in [0, 0.05) is 62.8 Å². The Morgan fingerprint density at radius 2 is 1.90 bits per heavy atom. The number of aromatic nitrogens is 2. The Hall–Kier alpha value is -3.01. The van der Waals surface area contributed by atoms with Crippen molar-refractivity contribution < 1.29 is 9.34 Å². The summed E-state index contributed by atoms with van der Waals surface area (Å²) in [6, 6.07) is 9.97. The molecule has 0 radical (unpaired) electrons. The largest absolute Gasteiger partial charge is 0.459 e. The average molecular weight is 443 g/mol. The molecular weight excluding hydrogens is 420 g/mol. The summed E-state index contributed by atoms with van der Waals surface area (Å²) >= 11 is 5.88. The second-order valence-corrected chi connectivity index (χ2v) is 7.68. The van der Waals surface area contributed by atoms with E-state index >= 15 is 0 Å². The monoisotopic (exact) mass is 442 g/mol. The molecule has 3 heterocycles. The van der Waals surface area contributed by atoms with Crippen LogP contribution < -0.4 is 10.2 Å². The van der Waals surface area contributed by atoms with Crippen LogP contribution in [0.2, 0.25) is 5.02 Å². The molecule has 2 aromatic heterocycles. The molecular formula is C21H23ClN6O3. The van der Waals surface area contributed by atoms with Gasteiger partial charge in [0.1, 0.15) is 11.5 Å². The molecule has 3 aromatic rings. The number of benzene rings is 1. The van der Waals surface area contributed by atoms with Gasteiger partial charge in [-0.1, -0.05) is 11.6 Å². The molecule has 0 bridgehead atoms. The van der Waals surface area contributed by atoms with Crippen molar-refractivity contribution in [2.75, 3.05) is 44.2 Å². The number of nitrogens with zero attached hydrogens (tertiary/aromatic N) is 5. The molecule has 0 aliphatic carbocycles. The number of furan rings is 1. The summed E-state index contributed by atoms with van der Waals surface area (Å²) in [5, 5.41) is 15.0. The second-order valence-electron chi connectivity index (χ2n) is 7.24. The number of nitrogens with one attached hydrogen (secondary N) is 1. The number of halogens is 1. The summed E-state index contributed by atoms with van der Waals surface area (Å²) in [5.41, 5.74) is 0.349. The van der Waals surface area contributed by atoms with Crippen molar-refractivity contribution in [3.8, 4) is 11.3 Å². The summed E-state index contributed by atoms with van der Waals surface area (Å²) in [6.07, 6.45) is 3.54. The highest BCUT2D eigenvalue weighted by molar-refractivity contribution is 6.30. The van der Waals surface area contributed by atoms with E-state index in [1.54, 1.807) is 30.6 Å². The molecule has 0 unspecified atom stereocenters. The van der Waals surface area contributed by atoms with Crippen LogP contribution in [0.1, 0.15) is 5.76 Å². The third-order valence-corrected chi connectivity index (χ3v) is 5.43. The molecule has 10 heteroatoms. The van der Waals surface area contributed by atoms with Crippen molar-refractivity contribution >= 4 is 23.2 Å². The molecule has 1 aliphatic heterocycles. The molecule has 1 aromatic carbocycles. The fraction of sp³-hybridized carbons (Fsp3) is 0.333. The zero-order valence-corrected chi connectivity index (χ0v) is 17.7. The fourth-order valence-corrected chi connectivity index (χ4v) is 3.72. The average Bonchev–Trinajstić information content (AvgIpc) is 3.26. The Bertz CT molecular complexity index is 1020. The van der Waals surface area contributed by atoms with Gasteiger partial charge in [-0.2, -0.15) is 0 Å². The van der Waals surface area contributed by atoms with Crippen LogP contribution in [0, 0.1) is 10.1 Å². The van der Waals surface area contributed by atoms with Gasteiger partial charge in [-0.05, 0) is 30.3 Å². The Kier molecular flexibility index (Phi) is 6.76. The van der Waals surface area contributed by atoms with Crippen LogP contribution in [-0.2, 0) is 6.54 Å². The number of hydrogen-bond donors (Lipinski definition) is 1. The highest BCUT2D eigenvalue weighted by Gasteiger charge is 2.20. The van der Waals surface area contributed by atoms with Crippen LogP contribution in [0.15, 0.2) is 53.2 Å². The highest BCUT2D eigenvalue weighted by Crippen LogP contribution is 2.33. The number of hydrogen-bond acceptors (Lipinski definition) is 8. The second kappa shape index (κ2) is 9.86. The lowest BCUT2D eigenvalue weighted by Gasteiger charge is -2.34. The molecule has 1 saturated heterocycles.